The summed E-state index contributed by atoms with van der Waals surface area (Å²) in [5.41, 5.74) is -3.61. The molecule has 1 amide bonds. The molecule has 0 heterocycles. The van der Waals surface area contributed by atoms with Gasteiger partial charge in [-0.15, -0.1) is 0 Å². The second-order valence-corrected chi connectivity index (χ2v) is 7.88. The van der Waals surface area contributed by atoms with Crippen LogP contribution in [0, 0.1) is 5.92 Å². The monoisotopic (exact) mass is 479 g/mol. The number of rotatable bonds is 3. The van der Waals surface area contributed by atoms with Gasteiger partial charge in [0, 0.05) is 16.0 Å². The molecule has 1 aromatic rings. The normalized spacial score (nSPS) is 21.9. The summed E-state index contributed by atoms with van der Waals surface area (Å²) in [7, 11) is 0. The van der Waals surface area contributed by atoms with E-state index in [1.54, 1.807) is 0 Å². The van der Waals surface area contributed by atoms with Crippen LogP contribution in [-0.2, 0) is 12.4 Å². The highest BCUT2D eigenvalue weighted by atomic mass is 127. The lowest BCUT2D eigenvalue weighted by Gasteiger charge is -2.25. The molecule has 2 nitrogen and oxygen atoms in total. The summed E-state index contributed by atoms with van der Waals surface area (Å²) in [5.74, 6) is -0.726. The number of carbonyl (C=O) groups excluding carboxylic acids is 1. The van der Waals surface area contributed by atoms with Gasteiger partial charge in [-0.2, -0.15) is 26.3 Å². The first-order chi connectivity index (χ1) is 11.5. The van der Waals surface area contributed by atoms with E-state index < -0.39 is 35.0 Å². The van der Waals surface area contributed by atoms with Crippen LogP contribution in [-0.4, -0.2) is 16.4 Å². The Morgan fingerprint density at radius 2 is 1.44 bits per heavy atom. The molecule has 25 heavy (non-hydrogen) atoms. The van der Waals surface area contributed by atoms with Crippen LogP contribution < -0.4 is 5.32 Å². The van der Waals surface area contributed by atoms with Crippen LogP contribution in [0.15, 0.2) is 18.2 Å². The Kier molecular flexibility index (Phi) is 6.26. The summed E-state index contributed by atoms with van der Waals surface area (Å²) < 4.78 is 77.4. The molecule has 1 saturated carbocycles. The van der Waals surface area contributed by atoms with Crippen LogP contribution in [0.3, 0.4) is 0 Å². The van der Waals surface area contributed by atoms with Gasteiger partial charge in [0.25, 0.3) is 5.91 Å². The Morgan fingerprint density at radius 3 is 1.88 bits per heavy atom. The minimum absolute atomic E-state index is 0.0124. The first-order valence-electron chi connectivity index (χ1n) is 7.68. The van der Waals surface area contributed by atoms with Crippen molar-refractivity contribution >= 4 is 28.5 Å². The lowest BCUT2D eigenvalue weighted by Crippen LogP contribution is -2.31. The maximum Gasteiger partial charge on any atom is 0.416 e. The Labute approximate surface area is 154 Å². The number of halogens is 7. The van der Waals surface area contributed by atoms with Crippen LogP contribution in [0.1, 0.15) is 47.2 Å². The van der Waals surface area contributed by atoms with Gasteiger partial charge in [-0.05, 0) is 49.8 Å². The van der Waals surface area contributed by atoms with Crippen LogP contribution >= 0.6 is 22.6 Å². The predicted octanol–water partition coefficient (Wildman–Crippen LogP) is 5.45. The zero-order chi connectivity index (χ0) is 18.8. The molecule has 0 atom stereocenters. The van der Waals surface area contributed by atoms with Gasteiger partial charge in [0.2, 0.25) is 0 Å². The first kappa shape index (κ1) is 20.3. The van der Waals surface area contributed by atoms with Gasteiger partial charge in [-0.25, -0.2) is 0 Å². The fraction of sp³-hybridized carbons (Fsp3) is 0.562. The second kappa shape index (κ2) is 7.71. The Hall–Kier alpha value is -1.00. The summed E-state index contributed by atoms with van der Waals surface area (Å²) >= 11 is 2.34. The fourth-order valence-electron chi connectivity index (χ4n) is 2.75. The molecular formula is C16H16F6INO. The van der Waals surface area contributed by atoms with Gasteiger partial charge in [-0.1, -0.05) is 22.6 Å². The summed E-state index contributed by atoms with van der Waals surface area (Å²) in [5, 5.41) is 2.46. The maximum atomic E-state index is 12.8. The van der Waals surface area contributed by atoms with Gasteiger partial charge in [0.05, 0.1) is 11.1 Å². The van der Waals surface area contributed by atoms with Gasteiger partial charge >= 0.3 is 12.4 Å². The zero-order valence-electron chi connectivity index (χ0n) is 13.0. The summed E-state index contributed by atoms with van der Waals surface area (Å²) in [6, 6.07) is 0.914. The molecule has 140 valence electrons. The van der Waals surface area contributed by atoms with Crippen molar-refractivity contribution in [2.24, 2.45) is 5.92 Å². The van der Waals surface area contributed by atoms with E-state index in [1.807, 2.05) is 0 Å². The zero-order valence-corrected chi connectivity index (χ0v) is 15.1. The number of alkyl halides is 7. The lowest BCUT2D eigenvalue weighted by atomic mass is 9.89. The molecular weight excluding hydrogens is 463 g/mol. The van der Waals surface area contributed by atoms with Crippen molar-refractivity contribution < 1.29 is 31.1 Å². The minimum atomic E-state index is -4.96. The third-order valence-electron chi connectivity index (χ3n) is 4.18. The van der Waals surface area contributed by atoms with Crippen LogP contribution in [0.4, 0.5) is 26.3 Å². The van der Waals surface area contributed by atoms with Crippen molar-refractivity contribution in [1.82, 2.24) is 5.32 Å². The van der Waals surface area contributed by atoms with Crippen LogP contribution in [0.2, 0.25) is 0 Å². The van der Waals surface area contributed by atoms with E-state index in [2.05, 4.69) is 27.9 Å². The molecule has 0 aliphatic heterocycles. The third kappa shape index (κ3) is 5.75. The molecule has 0 aromatic heterocycles. The van der Waals surface area contributed by atoms with Crippen molar-refractivity contribution in [2.75, 3.05) is 6.54 Å². The highest BCUT2D eigenvalue weighted by Gasteiger charge is 2.37. The molecule has 0 spiro atoms. The highest BCUT2D eigenvalue weighted by molar-refractivity contribution is 14.1. The molecule has 1 aliphatic carbocycles. The van der Waals surface area contributed by atoms with E-state index in [9.17, 15) is 31.1 Å². The van der Waals surface area contributed by atoms with E-state index in [0.717, 1.165) is 25.7 Å². The predicted molar refractivity (Wildman–Crippen MR) is 88.5 cm³/mol. The third-order valence-corrected chi connectivity index (χ3v) is 5.42. The van der Waals surface area contributed by atoms with Gasteiger partial charge in [0.15, 0.2) is 0 Å². The van der Waals surface area contributed by atoms with Gasteiger partial charge in [-0.3, -0.25) is 4.79 Å². The number of hydrogen-bond donors (Lipinski definition) is 1. The van der Waals surface area contributed by atoms with Crippen LogP contribution in [0.25, 0.3) is 0 Å². The maximum absolute atomic E-state index is 12.8. The van der Waals surface area contributed by atoms with Gasteiger partial charge in [0.1, 0.15) is 0 Å². The summed E-state index contributed by atoms with van der Waals surface area (Å²) in [6.07, 6.45) is -6.19. The molecule has 0 unspecified atom stereocenters. The lowest BCUT2D eigenvalue weighted by molar-refractivity contribution is -0.143. The number of benzene rings is 1. The van der Waals surface area contributed by atoms with E-state index in [4.69, 9.17) is 0 Å². The average Bonchev–Trinajstić information content (AvgIpc) is 2.52. The van der Waals surface area contributed by atoms with Crippen LogP contribution in [0.5, 0.6) is 0 Å². The van der Waals surface area contributed by atoms with E-state index in [1.165, 1.54) is 0 Å². The molecule has 0 radical (unpaired) electrons. The first-order valence-corrected chi connectivity index (χ1v) is 8.93. The highest BCUT2D eigenvalue weighted by Crippen LogP contribution is 2.36. The molecule has 0 saturated heterocycles. The second-order valence-electron chi connectivity index (χ2n) is 6.12. The van der Waals surface area contributed by atoms with E-state index in [0.29, 0.717) is 16.1 Å². The smallest absolute Gasteiger partial charge is 0.352 e. The number of hydrogen-bond acceptors (Lipinski definition) is 1. The molecule has 9 heteroatoms. The van der Waals surface area contributed by atoms with Crippen molar-refractivity contribution in [1.29, 1.82) is 0 Å². The molecule has 2 rings (SSSR count). The molecule has 0 bridgehead atoms. The van der Waals surface area contributed by atoms with Crippen molar-refractivity contribution in [3.8, 4) is 0 Å². The number of amides is 1. The number of carbonyl (C=O) groups is 1. The van der Waals surface area contributed by atoms with Crippen molar-refractivity contribution in [3.63, 3.8) is 0 Å². The summed E-state index contributed by atoms with van der Waals surface area (Å²) in [4.78, 5) is 12.1. The van der Waals surface area contributed by atoms with Crippen molar-refractivity contribution in [2.45, 2.75) is 42.0 Å². The summed E-state index contributed by atoms with van der Waals surface area (Å²) in [6.45, 7) is 0.250. The SMILES string of the molecule is O=C(NCC1CCC(I)CC1)c1cc(C(F)(F)F)cc(C(F)(F)F)c1. The average molecular weight is 479 g/mol. The Balaban J connectivity index is 2.15. The Bertz CT molecular complexity index is 588. The molecule has 1 aromatic carbocycles. The Morgan fingerprint density at radius 1 is 0.960 bits per heavy atom. The van der Waals surface area contributed by atoms with E-state index >= 15 is 0 Å². The standard InChI is InChI=1S/C16H16F6INO/c17-15(18,19)11-5-10(6-12(7-11)16(20,21)22)14(25)24-8-9-1-3-13(23)4-2-9/h5-7,9,13H,1-4,8H2,(H,24,25). The van der Waals surface area contributed by atoms with Crippen molar-refractivity contribution in [3.05, 3.63) is 34.9 Å². The number of nitrogens with one attached hydrogen (secondary N) is 1. The topological polar surface area (TPSA) is 29.1 Å². The fourth-order valence-corrected chi connectivity index (χ4v) is 3.47. The largest absolute Gasteiger partial charge is 0.416 e. The molecule has 1 fully saturated rings. The van der Waals surface area contributed by atoms with E-state index in [-0.39, 0.29) is 18.5 Å². The molecule has 1 aliphatic rings. The quantitative estimate of drug-likeness (QED) is 0.349. The van der Waals surface area contributed by atoms with Gasteiger partial charge < -0.3 is 5.32 Å². The minimum Gasteiger partial charge on any atom is -0.352 e. The molecule has 1 N–H and O–H groups in total.